The first-order chi connectivity index (χ1) is 20.6. The number of fused-ring (bicyclic) bond motifs is 15. The molecule has 0 saturated carbocycles. The molecule has 42 heavy (non-hydrogen) atoms. The van der Waals surface area contributed by atoms with Gasteiger partial charge in [-0.2, -0.15) is 0 Å². The summed E-state index contributed by atoms with van der Waals surface area (Å²) < 4.78 is 8.06. The number of rotatable bonds is 1. The molecule has 0 atom stereocenters. The lowest BCUT2D eigenvalue weighted by Crippen LogP contribution is -2.15. The van der Waals surface area contributed by atoms with Crippen molar-refractivity contribution in [1.29, 1.82) is 0 Å². The molecule has 0 spiro atoms. The normalized spacial score (nSPS) is 14.1. The highest BCUT2D eigenvalue weighted by molar-refractivity contribution is 7.30. The average molecular weight is 572 g/mol. The summed E-state index contributed by atoms with van der Waals surface area (Å²) in [6.45, 7) is 4.75. The number of thiophene rings is 2. The molecule has 9 aromatic rings. The van der Waals surface area contributed by atoms with E-state index in [9.17, 15) is 0 Å². The summed E-state index contributed by atoms with van der Waals surface area (Å²) in [5.41, 5.74) is 9.32. The van der Waals surface area contributed by atoms with Crippen LogP contribution in [-0.4, -0.2) is 4.57 Å². The maximum absolute atomic E-state index is 2.56. The summed E-state index contributed by atoms with van der Waals surface area (Å²) in [6, 6.07) is 43.0. The molecule has 1 nitrogen and oxygen atoms in total. The van der Waals surface area contributed by atoms with Crippen LogP contribution in [0.15, 0.2) is 115 Å². The molecule has 0 amide bonds. The molecule has 3 heterocycles. The van der Waals surface area contributed by atoms with Crippen LogP contribution in [0.25, 0.3) is 79.0 Å². The summed E-state index contributed by atoms with van der Waals surface area (Å²) in [5.74, 6) is 0. The van der Waals surface area contributed by atoms with Gasteiger partial charge in [0, 0.05) is 62.2 Å². The third kappa shape index (κ3) is 2.74. The quantitative estimate of drug-likeness (QED) is 0.185. The first-order valence-electron chi connectivity index (χ1n) is 14.5. The molecule has 0 fully saturated rings. The standard InChI is InChI=1S/C39H25NS2/c1-39(2)28-15-7-3-11-23(28)24-20-19-22(21-29(24)39)40-30-16-8-4-12-25(30)33-36(40)34-26-13-5-9-17-31(26)41-38(34)35-27-14-6-10-18-32(27)42-37(33)35/h3-21H,1-2H3. The summed E-state index contributed by atoms with van der Waals surface area (Å²) >= 11 is 3.89. The van der Waals surface area contributed by atoms with Crippen LogP contribution in [-0.2, 0) is 5.41 Å². The van der Waals surface area contributed by atoms with E-state index in [0.29, 0.717) is 0 Å². The van der Waals surface area contributed by atoms with Crippen LogP contribution in [0.5, 0.6) is 0 Å². The monoisotopic (exact) mass is 571 g/mol. The third-order valence-corrected chi connectivity index (χ3v) is 12.0. The number of nitrogens with zero attached hydrogens (tertiary/aromatic N) is 1. The van der Waals surface area contributed by atoms with E-state index < -0.39 is 0 Å². The maximum atomic E-state index is 2.56. The van der Waals surface area contributed by atoms with Crippen LogP contribution in [0.1, 0.15) is 25.0 Å². The van der Waals surface area contributed by atoms with Crippen molar-refractivity contribution in [3.05, 3.63) is 126 Å². The molecule has 3 aromatic heterocycles. The lowest BCUT2D eigenvalue weighted by molar-refractivity contribution is 0.660. The van der Waals surface area contributed by atoms with Gasteiger partial charge in [0.2, 0.25) is 0 Å². The second kappa shape index (κ2) is 7.89. The van der Waals surface area contributed by atoms with E-state index in [2.05, 4.69) is 134 Å². The number of hydrogen-bond donors (Lipinski definition) is 0. The Kier molecular flexibility index (Phi) is 4.35. The fourth-order valence-electron chi connectivity index (χ4n) is 7.71. The number of aromatic nitrogens is 1. The van der Waals surface area contributed by atoms with Gasteiger partial charge >= 0.3 is 0 Å². The maximum Gasteiger partial charge on any atom is 0.0648 e. The highest BCUT2D eigenvalue weighted by Crippen LogP contribution is 2.53. The summed E-state index contributed by atoms with van der Waals surface area (Å²) in [6.07, 6.45) is 0. The van der Waals surface area contributed by atoms with Gasteiger partial charge < -0.3 is 4.57 Å². The average Bonchev–Trinajstić information content (AvgIpc) is 3.74. The van der Waals surface area contributed by atoms with Crippen molar-refractivity contribution in [2.75, 3.05) is 0 Å². The van der Waals surface area contributed by atoms with E-state index in [4.69, 9.17) is 0 Å². The molecular weight excluding hydrogens is 547 g/mol. The largest absolute Gasteiger partial charge is 0.309 e. The summed E-state index contributed by atoms with van der Waals surface area (Å²) in [7, 11) is 0. The van der Waals surface area contributed by atoms with Crippen LogP contribution < -0.4 is 0 Å². The smallest absolute Gasteiger partial charge is 0.0648 e. The van der Waals surface area contributed by atoms with Crippen LogP contribution in [0.2, 0.25) is 0 Å². The van der Waals surface area contributed by atoms with Crippen LogP contribution in [0, 0.1) is 0 Å². The Balaban J connectivity index is 1.44. The molecule has 1 aliphatic rings. The minimum absolute atomic E-state index is 0.0517. The molecule has 0 bridgehead atoms. The van der Waals surface area contributed by atoms with Crippen molar-refractivity contribution in [3.8, 4) is 16.8 Å². The Morgan fingerprint density at radius 1 is 0.524 bits per heavy atom. The zero-order chi connectivity index (χ0) is 27.7. The Bertz CT molecular complexity index is 2580. The molecule has 3 heteroatoms. The molecule has 0 saturated heterocycles. The zero-order valence-corrected chi connectivity index (χ0v) is 24.9. The minimum atomic E-state index is -0.0517. The van der Waals surface area contributed by atoms with E-state index in [1.165, 1.54) is 90.1 Å². The van der Waals surface area contributed by atoms with Gasteiger partial charge in [-0.05, 0) is 52.6 Å². The number of hydrogen-bond acceptors (Lipinski definition) is 2. The van der Waals surface area contributed by atoms with E-state index in [1.807, 2.05) is 22.7 Å². The van der Waals surface area contributed by atoms with Gasteiger partial charge in [0.15, 0.2) is 0 Å². The lowest BCUT2D eigenvalue weighted by atomic mass is 9.82. The Labute approximate surface area is 250 Å². The Morgan fingerprint density at radius 3 is 1.86 bits per heavy atom. The summed E-state index contributed by atoms with van der Waals surface area (Å²) in [5, 5.41) is 8.20. The van der Waals surface area contributed by atoms with E-state index in [0.717, 1.165) is 0 Å². The van der Waals surface area contributed by atoms with E-state index >= 15 is 0 Å². The van der Waals surface area contributed by atoms with E-state index in [-0.39, 0.29) is 5.41 Å². The predicted octanol–water partition coefficient (Wildman–Crippen LogP) is 11.8. The number of para-hydroxylation sites is 1. The van der Waals surface area contributed by atoms with Crippen molar-refractivity contribution in [1.82, 2.24) is 4.57 Å². The highest BCUT2D eigenvalue weighted by Gasteiger charge is 2.35. The first kappa shape index (κ1) is 23.2. The van der Waals surface area contributed by atoms with Crippen molar-refractivity contribution in [2.24, 2.45) is 0 Å². The van der Waals surface area contributed by atoms with Crippen molar-refractivity contribution < 1.29 is 0 Å². The molecule has 0 aliphatic heterocycles. The lowest BCUT2D eigenvalue weighted by Gasteiger charge is -2.22. The molecular formula is C39H25NS2. The first-order valence-corrected chi connectivity index (χ1v) is 16.2. The zero-order valence-electron chi connectivity index (χ0n) is 23.2. The van der Waals surface area contributed by atoms with Crippen LogP contribution >= 0.6 is 22.7 Å². The topological polar surface area (TPSA) is 4.93 Å². The second-order valence-corrected chi connectivity index (χ2v) is 14.2. The highest BCUT2D eigenvalue weighted by atomic mass is 32.1. The van der Waals surface area contributed by atoms with Gasteiger partial charge in [-0.15, -0.1) is 22.7 Å². The minimum Gasteiger partial charge on any atom is -0.309 e. The molecule has 0 unspecified atom stereocenters. The Hall–Kier alpha value is -4.44. The molecule has 6 aromatic carbocycles. The van der Waals surface area contributed by atoms with Crippen molar-refractivity contribution in [3.63, 3.8) is 0 Å². The van der Waals surface area contributed by atoms with Crippen molar-refractivity contribution in [2.45, 2.75) is 19.3 Å². The molecule has 0 radical (unpaired) electrons. The molecule has 0 N–H and O–H groups in total. The fraction of sp³-hybridized carbons (Fsp3) is 0.0769. The van der Waals surface area contributed by atoms with Crippen LogP contribution in [0.4, 0.5) is 0 Å². The molecule has 10 rings (SSSR count). The fourth-order valence-corrected chi connectivity index (χ4v) is 10.3. The number of benzene rings is 6. The van der Waals surface area contributed by atoms with Gasteiger partial charge in [-0.25, -0.2) is 0 Å². The predicted molar refractivity (Wildman–Crippen MR) is 184 cm³/mol. The van der Waals surface area contributed by atoms with Gasteiger partial charge in [0.1, 0.15) is 0 Å². The Morgan fingerprint density at radius 2 is 1.10 bits per heavy atom. The van der Waals surface area contributed by atoms with Crippen molar-refractivity contribution >= 4 is 84.8 Å². The van der Waals surface area contributed by atoms with Gasteiger partial charge in [-0.3, -0.25) is 0 Å². The van der Waals surface area contributed by atoms with Crippen LogP contribution in [0.3, 0.4) is 0 Å². The second-order valence-electron chi connectivity index (χ2n) is 12.1. The summed E-state index contributed by atoms with van der Waals surface area (Å²) in [4.78, 5) is 0. The molecule has 198 valence electrons. The van der Waals surface area contributed by atoms with Gasteiger partial charge in [0.25, 0.3) is 0 Å². The SMILES string of the molecule is CC1(C)c2ccccc2-c2ccc(-n3c4ccccc4c4c5sc6ccccc6c5c5sc6ccccc6c5c43)cc21. The van der Waals surface area contributed by atoms with Gasteiger partial charge in [0.05, 0.1) is 11.0 Å². The third-order valence-electron chi connectivity index (χ3n) is 9.58. The molecule has 1 aliphatic carbocycles. The van der Waals surface area contributed by atoms with Gasteiger partial charge in [-0.1, -0.05) is 98.8 Å². The van der Waals surface area contributed by atoms with E-state index in [1.54, 1.807) is 0 Å².